The Hall–Kier alpha value is -3.84. The number of amides is 2. The van der Waals surface area contributed by atoms with Crippen molar-refractivity contribution >= 4 is 23.2 Å². The number of carbonyl (C=O) groups is 2. The van der Waals surface area contributed by atoms with Gasteiger partial charge >= 0.3 is 0 Å². The van der Waals surface area contributed by atoms with Crippen LogP contribution in [0.2, 0.25) is 0 Å². The third-order valence-corrected chi connectivity index (χ3v) is 6.17. The zero-order valence-corrected chi connectivity index (χ0v) is 18.1. The Labute approximate surface area is 192 Å². The van der Waals surface area contributed by atoms with E-state index < -0.39 is 6.04 Å². The van der Waals surface area contributed by atoms with Gasteiger partial charge in [0.15, 0.2) is 0 Å². The number of rotatable bonds is 5. The molecule has 3 aromatic rings. The number of imide groups is 1. The van der Waals surface area contributed by atoms with Crippen LogP contribution in [0.15, 0.2) is 78.9 Å². The molecular formula is C26H25N3O4. The minimum atomic E-state index is -0.454. The van der Waals surface area contributed by atoms with Crippen molar-refractivity contribution in [1.82, 2.24) is 4.90 Å². The van der Waals surface area contributed by atoms with Crippen molar-refractivity contribution in [1.29, 1.82) is 0 Å². The van der Waals surface area contributed by atoms with Gasteiger partial charge in [-0.3, -0.25) is 14.5 Å². The van der Waals surface area contributed by atoms with Crippen molar-refractivity contribution < 1.29 is 19.4 Å². The molecule has 1 unspecified atom stereocenters. The molecule has 2 fully saturated rings. The second-order valence-electron chi connectivity index (χ2n) is 8.21. The van der Waals surface area contributed by atoms with E-state index in [4.69, 9.17) is 4.74 Å². The maximum Gasteiger partial charge on any atom is 0.251 e. The van der Waals surface area contributed by atoms with E-state index >= 15 is 0 Å². The largest absolute Gasteiger partial charge is 0.506 e. The molecule has 2 aliphatic heterocycles. The van der Waals surface area contributed by atoms with Gasteiger partial charge in [-0.15, -0.1) is 0 Å². The molecule has 3 aromatic carbocycles. The van der Waals surface area contributed by atoms with E-state index in [0.717, 1.165) is 11.4 Å². The van der Waals surface area contributed by atoms with Crippen LogP contribution >= 0.6 is 0 Å². The topological polar surface area (TPSA) is 73.3 Å². The summed E-state index contributed by atoms with van der Waals surface area (Å²) in [6.07, 6.45) is 0.178. The van der Waals surface area contributed by atoms with Crippen molar-refractivity contribution in [2.24, 2.45) is 0 Å². The molecule has 0 radical (unpaired) electrons. The van der Waals surface area contributed by atoms with Gasteiger partial charge in [-0.25, -0.2) is 4.90 Å². The lowest BCUT2D eigenvalue weighted by Crippen LogP contribution is -2.52. The molecule has 2 heterocycles. The fraction of sp³-hybridized carbons (Fsp3) is 0.231. The quantitative estimate of drug-likeness (QED) is 0.607. The van der Waals surface area contributed by atoms with Gasteiger partial charge in [0, 0.05) is 26.2 Å². The van der Waals surface area contributed by atoms with Gasteiger partial charge < -0.3 is 14.7 Å². The molecule has 0 bridgehead atoms. The molecular weight excluding hydrogens is 418 g/mol. The second kappa shape index (κ2) is 8.96. The molecule has 0 spiro atoms. The zero-order valence-electron chi connectivity index (χ0n) is 18.1. The number of aromatic hydroxyl groups is 1. The van der Waals surface area contributed by atoms with E-state index in [1.54, 1.807) is 36.4 Å². The molecule has 5 rings (SSSR count). The number of ether oxygens (including phenoxy) is 1. The van der Waals surface area contributed by atoms with E-state index in [1.807, 2.05) is 42.5 Å². The van der Waals surface area contributed by atoms with Crippen LogP contribution in [0, 0.1) is 0 Å². The molecule has 1 atom stereocenters. The van der Waals surface area contributed by atoms with Crippen LogP contribution in [0.4, 0.5) is 11.4 Å². The number of benzene rings is 3. The lowest BCUT2D eigenvalue weighted by Gasteiger charge is -2.38. The first-order chi connectivity index (χ1) is 16.1. The van der Waals surface area contributed by atoms with E-state index in [0.29, 0.717) is 37.6 Å². The number of piperazine rings is 1. The van der Waals surface area contributed by atoms with Crippen LogP contribution in [0.5, 0.6) is 17.2 Å². The van der Waals surface area contributed by atoms with Gasteiger partial charge in [-0.2, -0.15) is 0 Å². The van der Waals surface area contributed by atoms with Crippen LogP contribution in [-0.4, -0.2) is 54.0 Å². The summed E-state index contributed by atoms with van der Waals surface area (Å²) in [5, 5.41) is 10.1. The average Bonchev–Trinajstić information content (AvgIpc) is 3.14. The van der Waals surface area contributed by atoms with Crippen LogP contribution in [0.25, 0.3) is 0 Å². The van der Waals surface area contributed by atoms with Crippen molar-refractivity contribution in [3.8, 4) is 17.2 Å². The highest BCUT2D eigenvalue weighted by atomic mass is 16.5. The molecule has 2 saturated heterocycles. The lowest BCUT2D eigenvalue weighted by atomic mass is 10.1. The standard InChI is InChI=1S/C26H25N3O4/c30-24-9-5-4-8-22(24)27-14-16-28(17-15-27)23-18-25(31)29(26(23)32)19-10-12-21(13-11-19)33-20-6-2-1-3-7-20/h1-13,23,30H,14-18H2. The fourth-order valence-corrected chi connectivity index (χ4v) is 4.47. The highest BCUT2D eigenvalue weighted by Gasteiger charge is 2.43. The molecule has 0 saturated carbocycles. The predicted octanol–water partition coefficient (Wildman–Crippen LogP) is 3.64. The van der Waals surface area contributed by atoms with Crippen LogP contribution in [0.1, 0.15) is 6.42 Å². The first-order valence-corrected chi connectivity index (χ1v) is 11.1. The van der Waals surface area contributed by atoms with Crippen LogP contribution < -0.4 is 14.5 Å². The van der Waals surface area contributed by atoms with E-state index in [9.17, 15) is 14.7 Å². The number of phenolic OH excluding ortho intramolecular Hbond substituents is 1. The minimum absolute atomic E-state index is 0.178. The molecule has 2 amide bonds. The summed E-state index contributed by atoms with van der Waals surface area (Å²) >= 11 is 0. The number of para-hydroxylation sites is 3. The third-order valence-electron chi connectivity index (χ3n) is 6.17. The summed E-state index contributed by atoms with van der Waals surface area (Å²) in [5.74, 6) is 1.24. The van der Waals surface area contributed by atoms with Crippen molar-refractivity contribution in [3.63, 3.8) is 0 Å². The van der Waals surface area contributed by atoms with Gasteiger partial charge in [0.1, 0.15) is 17.2 Å². The summed E-state index contributed by atoms with van der Waals surface area (Å²) in [7, 11) is 0. The van der Waals surface area contributed by atoms with Crippen molar-refractivity contribution in [3.05, 3.63) is 78.9 Å². The number of phenols is 1. The Morgan fingerprint density at radius 1 is 0.758 bits per heavy atom. The Morgan fingerprint density at radius 2 is 1.39 bits per heavy atom. The van der Waals surface area contributed by atoms with Crippen molar-refractivity contribution in [2.75, 3.05) is 36.0 Å². The first kappa shape index (κ1) is 21.0. The maximum absolute atomic E-state index is 13.2. The highest BCUT2D eigenvalue weighted by Crippen LogP contribution is 2.31. The smallest absolute Gasteiger partial charge is 0.251 e. The number of hydrogen-bond donors (Lipinski definition) is 1. The second-order valence-corrected chi connectivity index (χ2v) is 8.21. The summed E-state index contributed by atoms with van der Waals surface area (Å²) in [6, 6.07) is 23.3. The van der Waals surface area contributed by atoms with Gasteiger partial charge in [-0.1, -0.05) is 30.3 Å². The summed E-state index contributed by atoms with van der Waals surface area (Å²) in [5.41, 5.74) is 1.35. The Bertz CT molecular complexity index is 1140. The Morgan fingerprint density at radius 3 is 2.09 bits per heavy atom. The van der Waals surface area contributed by atoms with Gasteiger partial charge in [-0.05, 0) is 48.5 Å². The normalized spacial score (nSPS) is 19.2. The van der Waals surface area contributed by atoms with Gasteiger partial charge in [0.2, 0.25) is 5.91 Å². The van der Waals surface area contributed by atoms with Gasteiger partial charge in [0.05, 0.1) is 23.8 Å². The third kappa shape index (κ3) is 4.27. The van der Waals surface area contributed by atoms with E-state index in [-0.39, 0.29) is 24.0 Å². The molecule has 0 aromatic heterocycles. The predicted molar refractivity (Wildman–Crippen MR) is 126 cm³/mol. The SMILES string of the molecule is O=C1CC(N2CCN(c3ccccc3O)CC2)C(=O)N1c1ccc(Oc2ccccc2)cc1. The van der Waals surface area contributed by atoms with E-state index in [1.165, 1.54) is 4.90 Å². The number of nitrogens with zero attached hydrogens (tertiary/aromatic N) is 3. The molecule has 33 heavy (non-hydrogen) atoms. The number of hydrogen-bond acceptors (Lipinski definition) is 6. The van der Waals surface area contributed by atoms with Gasteiger partial charge in [0.25, 0.3) is 5.91 Å². The highest BCUT2D eigenvalue weighted by molar-refractivity contribution is 6.22. The average molecular weight is 444 g/mol. The number of carbonyl (C=O) groups excluding carboxylic acids is 2. The molecule has 1 N–H and O–H groups in total. The van der Waals surface area contributed by atoms with Crippen molar-refractivity contribution in [2.45, 2.75) is 12.5 Å². The molecule has 7 heteroatoms. The minimum Gasteiger partial charge on any atom is -0.506 e. The molecule has 7 nitrogen and oxygen atoms in total. The Kier molecular flexibility index (Phi) is 5.71. The monoisotopic (exact) mass is 443 g/mol. The lowest BCUT2D eigenvalue weighted by molar-refractivity contribution is -0.123. The summed E-state index contributed by atoms with van der Waals surface area (Å²) in [6.45, 7) is 2.66. The molecule has 0 aliphatic carbocycles. The first-order valence-electron chi connectivity index (χ1n) is 11.1. The van der Waals surface area contributed by atoms with Crippen LogP contribution in [-0.2, 0) is 9.59 Å². The molecule has 168 valence electrons. The fourth-order valence-electron chi connectivity index (χ4n) is 4.47. The summed E-state index contributed by atoms with van der Waals surface area (Å²) in [4.78, 5) is 31.4. The zero-order chi connectivity index (χ0) is 22.8. The van der Waals surface area contributed by atoms with Crippen LogP contribution in [0.3, 0.4) is 0 Å². The molecule has 2 aliphatic rings. The number of anilines is 2. The van der Waals surface area contributed by atoms with E-state index in [2.05, 4.69) is 9.80 Å². The maximum atomic E-state index is 13.2. The Balaban J connectivity index is 1.24. The summed E-state index contributed by atoms with van der Waals surface area (Å²) < 4.78 is 5.80.